The first-order chi connectivity index (χ1) is 5.85. The van der Waals surface area contributed by atoms with E-state index >= 15 is 0 Å². The summed E-state index contributed by atoms with van der Waals surface area (Å²) in [5.74, 6) is 0.850. The van der Waals surface area contributed by atoms with Gasteiger partial charge in [0.1, 0.15) is 5.54 Å². The van der Waals surface area contributed by atoms with E-state index in [4.69, 9.17) is 5.26 Å². The molecule has 0 aromatic rings. The number of nitriles is 1. The molecule has 0 aromatic carbocycles. The normalized spacial score (nSPS) is 41.4. The molecule has 0 aromatic heterocycles. The van der Waals surface area contributed by atoms with E-state index in [0.29, 0.717) is 0 Å². The second-order valence-electron chi connectivity index (χ2n) is 4.23. The third kappa shape index (κ3) is 1.34. The Morgan fingerprint density at radius 3 is 2.50 bits per heavy atom. The fourth-order valence-corrected chi connectivity index (χ4v) is 2.53. The number of hydrogen-bond acceptors (Lipinski definition) is 2. The van der Waals surface area contributed by atoms with Crippen LogP contribution in [0.5, 0.6) is 0 Å². The molecule has 0 radical (unpaired) electrons. The maximum absolute atomic E-state index is 9.10. The van der Waals surface area contributed by atoms with Gasteiger partial charge in [0.15, 0.2) is 0 Å². The summed E-state index contributed by atoms with van der Waals surface area (Å²) in [6.45, 7) is 1.08. The van der Waals surface area contributed by atoms with E-state index in [1.54, 1.807) is 0 Å². The van der Waals surface area contributed by atoms with Crippen LogP contribution in [0, 0.1) is 17.2 Å². The number of rotatable bonds is 0. The molecule has 1 N–H and O–H groups in total. The predicted molar refractivity (Wildman–Crippen MR) is 47.5 cm³/mol. The number of nitrogens with one attached hydrogen (secondary N) is 1. The molecular weight excluding hydrogens is 148 g/mol. The van der Waals surface area contributed by atoms with Crippen molar-refractivity contribution in [3.8, 4) is 6.07 Å². The standard InChI is InChI=1S/C10H16N2/c11-8-10-5-1-3-9(7-12-10)4-2-6-10/h9,12H,1-7H2. The van der Waals surface area contributed by atoms with Gasteiger partial charge in [-0.3, -0.25) is 5.32 Å². The van der Waals surface area contributed by atoms with Gasteiger partial charge in [-0.15, -0.1) is 0 Å². The van der Waals surface area contributed by atoms with E-state index in [0.717, 1.165) is 25.3 Å². The van der Waals surface area contributed by atoms with Crippen LogP contribution in [0.1, 0.15) is 38.5 Å². The van der Waals surface area contributed by atoms with Crippen molar-refractivity contribution in [2.75, 3.05) is 6.54 Å². The van der Waals surface area contributed by atoms with Crippen molar-refractivity contribution in [2.45, 2.75) is 44.1 Å². The molecule has 2 heteroatoms. The third-order valence-corrected chi connectivity index (χ3v) is 3.37. The fourth-order valence-electron chi connectivity index (χ4n) is 2.53. The first-order valence-electron chi connectivity index (χ1n) is 5.01. The van der Waals surface area contributed by atoms with E-state index < -0.39 is 0 Å². The molecule has 2 bridgehead atoms. The lowest BCUT2D eigenvalue weighted by atomic mass is 9.85. The summed E-state index contributed by atoms with van der Waals surface area (Å²) < 4.78 is 0. The third-order valence-electron chi connectivity index (χ3n) is 3.37. The molecule has 2 nitrogen and oxygen atoms in total. The van der Waals surface area contributed by atoms with Crippen LogP contribution >= 0.6 is 0 Å². The van der Waals surface area contributed by atoms with Gasteiger partial charge in [0.2, 0.25) is 0 Å². The lowest BCUT2D eigenvalue weighted by Gasteiger charge is -2.24. The lowest BCUT2D eigenvalue weighted by Crippen LogP contribution is -2.42. The van der Waals surface area contributed by atoms with Gasteiger partial charge in [-0.2, -0.15) is 5.26 Å². The van der Waals surface area contributed by atoms with Gasteiger partial charge in [-0.05, 0) is 38.1 Å². The zero-order valence-corrected chi connectivity index (χ0v) is 7.47. The Hall–Kier alpha value is -0.550. The number of hydrogen-bond donors (Lipinski definition) is 1. The molecule has 66 valence electrons. The molecule has 2 heterocycles. The van der Waals surface area contributed by atoms with E-state index in [-0.39, 0.29) is 5.54 Å². The topological polar surface area (TPSA) is 35.8 Å². The van der Waals surface area contributed by atoms with E-state index in [9.17, 15) is 0 Å². The summed E-state index contributed by atoms with van der Waals surface area (Å²) in [6, 6.07) is 2.47. The first kappa shape index (κ1) is 8.07. The minimum Gasteiger partial charge on any atom is -0.299 e. The Labute approximate surface area is 74.0 Å². The average molecular weight is 164 g/mol. The van der Waals surface area contributed by atoms with Gasteiger partial charge < -0.3 is 0 Å². The minimum absolute atomic E-state index is 0.148. The molecule has 0 unspecified atom stereocenters. The molecule has 2 aliphatic heterocycles. The quantitative estimate of drug-likeness (QED) is 0.593. The SMILES string of the molecule is N#CC12CCCC(CCC1)CN2. The van der Waals surface area contributed by atoms with Crippen molar-refractivity contribution >= 4 is 0 Å². The largest absolute Gasteiger partial charge is 0.299 e. The zero-order chi connectivity index (χ0) is 8.44. The van der Waals surface area contributed by atoms with Crippen LogP contribution in [-0.4, -0.2) is 12.1 Å². The highest BCUT2D eigenvalue weighted by Crippen LogP contribution is 2.32. The van der Waals surface area contributed by atoms with Crippen LogP contribution in [-0.2, 0) is 0 Å². The molecule has 2 rings (SSSR count). The minimum atomic E-state index is -0.148. The molecule has 0 atom stereocenters. The summed E-state index contributed by atoms with van der Waals surface area (Å²) in [7, 11) is 0. The van der Waals surface area contributed by atoms with Gasteiger partial charge in [0, 0.05) is 0 Å². The van der Waals surface area contributed by atoms with Gasteiger partial charge in [-0.25, -0.2) is 0 Å². The Kier molecular flexibility index (Phi) is 2.06. The molecular formula is C10H16N2. The number of nitrogens with zero attached hydrogens (tertiary/aromatic N) is 1. The van der Waals surface area contributed by atoms with Gasteiger partial charge in [0.25, 0.3) is 0 Å². The first-order valence-corrected chi connectivity index (χ1v) is 5.01. The monoisotopic (exact) mass is 164 g/mol. The van der Waals surface area contributed by atoms with Crippen molar-refractivity contribution in [3.63, 3.8) is 0 Å². The summed E-state index contributed by atoms with van der Waals surface area (Å²) in [6.07, 6.45) is 7.28. The smallest absolute Gasteiger partial charge is 0.106 e. The second-order valence-corrected chi connectivity index (χ2v) is 4.23. The molecule has 2 aliphatic rings. The van der Waals surface area contributed by atoms with Crippen molar-refractivity contribution in [2.24, 2.45) is 5.92 Å². The molecule has 0 aliphatic carbocycles. The zero-order valence-electron chi connectivity index (χ0n) is 7.47. The highest BCUT2D eigenvalue weighted by molar-refractivity contribution is 5.09. The molecule has 2 fully saturated rings. The highest BCUT2D eigenvalue weighted by Gasteiger charge is 2.34. The van der Waals surface area contributed by atoms with Gasteiger partial charge in [0.05, 0.1) is 6.07 Å². The van der Waals surface area contributed by atoms with Gasteiger partial charge >= 0.3 is 0 Å². The predicted octanol–water partition coefficient (Wildman–Crippen LogP) is 1.82. The van der Waals surface area contributed by atoms with Crippen LogP contribution in [0.3, 0.4) is 0 Å². The Morgan fingerprint density at radius 2 is 1.92 bits per heavy atom. The number of fused-ring (bicyclic) bond motifs is 3. The Morgan fingerprint density at radius 1 is 1.25 bits per heavy atom. The fraction of sp³-hybridized carbons (Fsp3) is 0.900. The maximum Gasteiger partial charge on any atom is 0.106 e. The van der Waals surface area contributed by atoms with E-state index in [1.807, 2.05) is 0 Å². The van der Waals surface area contributed by atoms with Crippen molar-refractivity contribution < 1.29 is 0 Å². The van der Waals surface area contributed by atoms with Crippen LogP contribution in [0.25, 0.3) is 0 Å². The second kappa shape index (κ2) is 3.06. The van der Waals surface area contributed by atoms with Crippen LogP contribution in [0.15, 0.2) is 0 Å². The molecule has 2 saturated heterocycles. The van der Waals surface area contributed by atoms with Crippen molar-refractivity contribution in [3.05, 3.63) is 0 Å². The summed E-state index contributed by atoms with van der Waals surface area (Å²) in [4.78, 5) is 0. The van der Waals surface area contributed by atoms with E-state index in [1.165, 1.54) is 25.7 Å². The molecule has 0 saturated carbocycles. The Bertz CT molecular complexity index is 194. The van der Waals surface area contributed by atoms with Crippen LogP contribution in [0.2, 0.25) is 0 Å². The summed E-state index contributed by atoms with van der Waals surface area (Å²) in [5, 5.41) is 12.5. The van der Waals surface area contributed by atoms with Crippen molar-refractivity contribution in [1.82, 2.24) is 5.32 Å². The maximum atomic E-state index is 9.10. The Balaban J connectivity index is 2.17. The highest BCUT2D eigenvalue weighted by atomic mass is 15.0. The summed E-state index contributed by atoms with van der Waals surface area (Å²) >= 11 is 0. The van der Waals surface area contributed by atoms with Crippen LogP contribution < -0.4 is 5.32 Å². The van der Waals surface area contributed by atoms with Gasteiger partial charge in [-0.1, -0.05) is 12.8 Å². The average Bonchev–Trinajstić information content (AvgIpc) is 2.35. The van der Waals surface area contributed by atoms with E-state index in [2.05, 4.69) is 11.4 Å². The van der Waals surface area contributed by atoms with Crippen molar-refractivity contribution in [1.29, 1.82) is 5.26 Å². The molecule has 0 spiro atoms. The summed E-state index contributed by atoms with van der Waals surface area (Å²) in [5.41, 5.74) is -0.148. The molecule has 0 amide bonds. The van der Waals surface area contributed by atoms with Crippen LogP contribution in [0.4, 0.5) is 0 Å². The lowest BCUT2D eigenvalue weighted by molar-refractivity contribution is 0.373. The molecule has 12 heavy (non-hydrogen) atoms.